The van der Waals surface area contributed by atoms with Gasteiger partial charge < -0.3 is 20.6 Å². The molecule has 1 unspecified atom stereocenters. The van der Waals surface area contributed by atoms with Gasteiger partial charge in [-0.1, -0.05) is 23.8 Å². The summed E-state index contributed by atoms with van der Waals surface area (Å²) in [7, 11) is 0. The Morgan fingerprint density at radius 3 is 2.41 bits per heavy atom. The lowest BCUT2D eigenvalue weighted by molar-refractivity contribution is -0.140. The highest BCUT2D eigenvalue weighted by molar-refractivity contribution is 5.98. The highest BCUT2D eigenvalue weighted by Crippen LogP contribution is 2.23. The third-order valence-electron chi connectivity index (χ3n) is 4.32. The Bertz CT molecular complexity index is 1160. The molecule has 4 N–H and O–H groups in total. The molecule has 0 saturated carbocycles. The van der Waals surface area contributed by atoms with E-state index in [1.165, 1.54) is 18.2 Å². The summed E-state index contributed by atoms with van der Waals surface area (Å²) in [5.74, 6) is -2.52. The average Bonchev–Trinajstić information content (AvgIpc) is 2.67. The van der Waals surface area contributed by atoms with E-state index < -0.39 is 30.2 Å². The molecule has 1 heterocycles. The lowest BCUT2D eigenvalue weighted by Gasteiger charge is -2.13. The van der Waals surface area contributed by atoms with Crippen LogP contribution in [0.25, 0.3) is 22.3 Å². The number of fused-ring (bicyclic) bond motifs is 1. The fraction of sp³-hybridized carbons (Fsp3) is 0.143. The van der Waals surface area contributed by atoms with Crippen LogP contribution < -0.4 is 16.5 Å². The van der Waals surface area contributed by atoms with Crippen LogP contribution in [0.2, 0.25) is 0 Å². The predicted molar refractivity (Wildman–Crippen MR) is 105 cm³/mol. The number of carbonyl (C=O) groups is 3. The van der Waals surface area contributed by atoms with Crippen molar-refractivity contribution in [2.24, 2.45) is 5.73 Å². The Labute approximate surface area is 164 Å². The maximum Gasteiger partial charge on any atom is 0.326 e. The van der Waals surface area contributed by atoms with Crippen LogP contribution in [-0.2, 0) is 9.59 Å². The molecule has 148 valence electrons. The molecule has 0 spiro atoms. The number of hydrogen-bond donors (Lipinski definition) is 3. The van der Waals surface area contributed by atoms with Crippen molar-refractivity contribution in [2.45, 2.75) is 19.4 Å². The van der Waals surface area contributed by atoms with Gasteiger partial charge in [0.25, 0.3) is 5.91 Å². The number of carboxylic acids is 1. The van der Waals surface area contributed by atoms with E-state index in [2.05, 4.69) is 5.32 Å². The van der Waals surface area contributed by atoms with Crippen LogP contribution in [-0.4, -0.2) is 28.9 Å². The second kappa shape index (κ2) is 7.97. The average molecular weight is 394 g/mol. The van der Waals surface area contributed by atoms with Gasteiger partial charge in [-0.15, -0.1) is 0 Å². The number of aliphatic carboxylic acids is 1. The second-order valence-electron chi connectivity index (χ2n) is 6.59. The highest BCUT2D eigenvalue weighted by Gasteiger charge is 2.22. The van der Waals surface area contributed by atoms with E-state index in [1.54, 1.807) is 24.3 Å². The quantitative estimate of drug-likeness (QED) is 0.583. The number of aryl methyl sites for hydroxylation is 1. The Morgan fingerprint density at radius 2 is 1.79 bits per heavy atom. The smallest absolute Gasteiger partial charge is 0.326 e. The maximum absolute atomic E-state index is 12.4. The first-order chi connectivity index (χ1) is 13.7. The van der Waals surface area contributed by atoms with Crippen molar-refractivity contribution in [3.8, 4) is 11.3 Å². The molecule has 0 bridgehead atoms. The van der Waals surface area contributed by atoms with Gasteiger partial charge in [0.2, 0.25) is 5.91 Å². The van der Waals surface area contributed by atoms with E-state index in [-0.39, 0.29) is 11.0 Å². The Balaban J connectivity index is 1.85. The number of nitrogens with one attached hydrogen (secondary N) is 1. The van der Waals surface area contributed by atoms with Crippen molar-refractivity contribution in [2.75, 3.05) is 0 Å². The molecule has 2 amide bonds. The minimum absolute atomic E-state index is 0.178. The molecule has 0 fully saturated rings. The van der Waals surface area contributed by atoms with Crippen LogP contribution in [0.1, 0.15) is 22.3 Å². The van der Waals surface area contributed by atoms with E-state index in [9.17, 15) is 19.2 Å². The summed E-state index contributed by atoms with van der Waals surface area (Å²) in [6.07, 6.45) is -0.513. The molecule has 0 aliphatic heterocycles. The summed E-state index contributed by atoms with van der Waals surface area (Å²) in [5.41, 5.74) is 6.98. The standard InChI is InChI=1S/C21H18N2O6/c1-11-2-7-17-14(8-11)16(24)10-18(29-17)12-3-5-13(6-4-12)20(26)23-15(21(27)28)9-19(22)25/h2-8,10,15H,9H2,1H3,(H2,22,25)(H,23,26)(H,27,28). The SMILES string of the molecule is Cc1ccc2oc(-c3ccc(C(=O)NC(CC(N)=O)C(=O)O)cc3)cc(=O)c2c1. The van der Waals surface area contributed by atoms with Gasteiger partial charge in [-0.05, 0) is 31.2 Å². The first-order valence-corrected chi connectivity index (χ1v) is 8.71. The number of carboxylic acid groups (broad SMARTS) is 1. The molecule has 0 aliphatic carbocycles. The van der Waals surface area contributed by atoms with Gasteiger partial charge in [0, 0.05) is 17.2 Å². The molecule has 0 saturated heterocycles. The van der Waals surface area contributed by atoms with Gasteiger partial charge in [0.1, 0.15) is 17.4 Å². The number of nitrogens with two attached hydrogens (primary N) is 1. The van der Waals surface area contributed by atoms with Crippen LogP contribution in [0.4, 0.5) is 0 Å². The largest absolute Gasteiger partial charge is 0.480 e. The number of carbonyl (C=O) groups excluding carboxylic acids is 2. The fourth-order valence-corrected chi connectivity index (χ4v) is 2.84. The summed E-state index contributed by atoms with van der Waals surface area (Å²) in [4.78, 5) is 46.7. The number of benzene rings is 2. The zero-order chi connectivity index (χ0) is 21.1. The second-order valence-corrected chi connectivity index (χ2v) is 6.59. The number of rotatable bonds is 6. The number of hydrogen-bond acceptors (Lipinski definition) is 5. The molecular formula is C21H18N2O6. The molecule has 3 aromatic rings. The Hall–Kier alpha value is -3.94. The number of primary amides is 1. The molecule has 29 heavy (non-hydrogen) atoms. The summed E-state index contributed by atoms with van der Waals surface area (Å²) < 4.78 is 5.79. The summed E-state index contributed by atoms with van der Waals surface area (Å²) >= 11 is 0. The molecule has 0 radical (unpaired) electrons. The van der Waals surface area contributed by atoms with Gasteiger partial charge in [0.05, 0.1) is 11.8 Å². The maximum atomic E-state index is 12.4. The predicted octanol–water partition coefficient (Wildman–Crippen LogP) is 1.83. The lowest BCUT2D eigenvalue weighted by atomic mass is 10.1. The van der Waals surface area contributed by atoms with Crippen LogP contribution in [0.5, 0.6) is 0 Å². The van der Waals surface area contributed by atoms with E-state index in [0.717, 1.165) is 5.56 Å². The Morgan fingerprint density at radius 1 is 1.10 bits per heavy atom. The van der Waals surface area contributed by atoms with E-state index in [0.29, 0.717) is 22.3 Å². The van der Waals surface area contributed by atoms with Crippen LogP contribution in [0.3, 0.4) is 0 Å². The van der Waals surface area contributed by atoms with Crippen molar-refractivity contribution >= 4 is 28.8 Å². The van der Waals surface area contributed by atoms with Gasteiger partial charge in [0.15, 0.2) is 5.43 Å². The number of amides is 2. The molecule has 8 heteroatoms. The minimum atomic E-state index is -1.42. The molecule has 0 aliphatic rings. The molecule has 3 rings (SSSR count). The third-order valence-corrected chi connectivity index (χ3v) is 4.32. The van der Waals surface area contributed by atoms with Crippen molar-refractivity contribution < 1.29 is 23.9 Å². The zero-order valence-corrected chi connectivity index (χ0v) is 15.5. The summed E-state index contributed by atoms with van der Waals surface area (Å²) in [6, 6.07) is 11.4. The van der Waals surface area contributed by atoms with Gasteiger partial charge in [-0.2, -0.15) is 0 Å². The van der Waals surface area contributed by atoms with E-state index in [1.807, 2.05) is 13.0 Å². The normalized spacial score (nSPS) is 11.8. The molecule has 1 atom stereocenters. The van der Waals surface area contributed by atoms with Gasteiger partial charge >= 0.3 is 5.97 Å². The molecular weight excluding hydrogens is 376 g/mol. The van der Waals surface area contributed by atoms with E-state index in [4.69, 9.17) is 15.3 Å². The van der Waals surface area contributed by atoms with Crippen molar-refractivity contribution in [1.82, 2.24) is 5.32 Å². The summed E-state index contributed by atoms with van der Waals surface area (Å²) in [6.45, 7) is 1.88. The third kappa shape index (κ3) is 4.49. The van der Waals surface area contributed by atoms with Gasteiger partial charge in [-0.3, -0.25) is 14.4 Å². The first-order valence-electron chi connectivity index (χ1n) is 8.71. The minimum Gasteiger partial charge on any atom is -0.480 e. The topological polar surface area (TPSA) is 140 Å². The van der Waals surface area contributed by atoms with E-state index >= 15 is 0 Å². The first kappa shape index (κ1) is 19.8. The Kier molecular flexibility index (Phi) is 5.45. The van der Waals surface area contributed by atoms with Crippen molar-refractivity contribution in [1.29, 1.82) is 0 Å². The zero-order valence-electron chi connectivity index (χ0n) is 15.5. The molecule has 2 aromatic carbocycles. The van der Waals surface area contributed by atoms with Crippen LogP contribution >= 0.6 is 0 Å². The van der Waals surface area contributed by atoms with Crippen LogP contribution in [0.15, 0.2) is 57.7 Å². The van der Waals surface area contributed by atoms with Crippen molar-refractivity contribution in [3.63, 3.8) is 0 Å². The van der Waals surface area contributed by atoms with Crippen molar-refractivity contribution in [3.05, 3.63) is 69.9 Å². The lowest BCUT2D eigenvalue weighted by Crippen LogP contribution is -2.43. The van der Waals surface area contributed by atoms with Crippen LogP contribution in [0, 0.1) is 6.92 Å². The molecule has 8 nitrogen and oxygen atoms in total. The monoisotopic (exact) mass is 394 g/mol. The summed E-state index contributed by atoms with van der Waals surface area (Å²) in [5, 5.41) is 11.8. The van der Waals surface area contributed by atoms with Gasteiger partial charge in [-0.25, -0.2) is 4.79 Å². The fourth-order valence-electron chi connectivity index (χ4n) is 2.84. The highest BCUT2D eigenvalue weighted by atomic mass is 16.4. The molecule has 1 aromatic heterocycles.